The molecular formula is C12H12BrNO3. The van der Waals surface area contributed by atoms with Crippen molar-refractivity contribution in [3.63, 3.8) is 0 Å². The average molecular weight is 298 g/mol. The highest BCUT2D eigenvalue weighted by molar-refractivity contribution is 9.10. The van der Waals surface area contributed by atoms with Crippen molar-refractivity contribution in [2.24, 2.45) is 0 Å². The monoisotopic (exact) mass is 297 g/mol. The van der Waals surface area contributed by atoms with Crippen LogP contribution in [0.4, 0.5) is 0 Å². The highest BCUT2D eigenvalue weighted by atomic mass is 79.9. The summed E-state index contributed by atoms with van der Waals surface area (Å²) in [4.78, 5) is 10.9. The maximum absolute atomic E-state index is 10.9. The fourth-order valence-electron chi connectivity index (χ4n) is 2.01. The zero-order valence-corrected chi connectivity index (χ0v) is 10.7. The van der Waals surface area contributed by atoms with E-state index in [0.717, 1.165) is 28.0 Å². The maximum atomic E-state index is 10.9. The highest BCUT2D eigenvalue weighted by Gasteiger charge is 2.28. The van der Waals surface area contributed by atoms with Crippen molar-refractivity contribution in [1.29, 1.82) is 0 Å². The third-order valence-corrected chi connectivity index (χ3v) is 3.54. The summed E-state index contributed by atoms with van der Waals surface area (Å²) in [6.07, 6.45) is 1.43. The van der Waals surface area contributed by atoms with E-state index in [1.54, 1.807) is 0 Å². The van der Waals surface area contributed by atoms with Gasteiger partial charge in [-0.05, 0) is 33.6 Å². The number of nitrogens with one attached hydrogen (secondary N) is 1. The van der Waals surface area contributed by atoms with Crippen molar-refractivity contribution in [2.75, 3.05) is 13.2 Å². The van der Waals surface area contributed by atoms with Gasteiger partial charge in [-0.25, -0.2) is 0 Å². The normalized spacial score (nSPS) is 22.4. The largest absolute Gasteiger partial charge is 0.490 e. The molecule has 1 atom stereocenters. The molecule has 17 heavy (non-hydrogen) atoms. The Labute approximate surface area is 107 Å². The minimum atomic E-state index is 0.0956. The number of carbonyl (C=O) groups excluding carboxylic acids is 1. The van der Waals surface area contributed by atoms with Crippen LogP contribution in [0.5, 0.6) is 11.5 Å². The Morgan fingerprint density at radius 3 is 2.82 bits per heavy atom. The summed E-state index contributed by atoms with van der Waals surface area (Å²) in [6.45, 7) is 1.34. The van der Waals surface area contributed by atoms with Gasteiger partial charge in [-0.3, -0.25) is 4.79 Å². The van der Waals surface area contributed by atoms with Gasteiger partial charge in [-0.15, -0.1) is 0 Å². The Kier molecular flexibility index (Phi) is 2.70. The molecule has 3 rings (SSSR count). The number of amides is 1. The number of fused-ring (bicyclic) bond motifs is 1. The number of benzene rings is 1. The molecule has 1 amide bonds. The highest BCUT2D eigenvalue weighted by Crippen LogP contribution is 2.40. The number of rotatable bonds is 1. The Hall–Kier alpha value is -1.23. The van der Waals surface area contributed by atoms with Gasteiger partial charge in [0.2, 0.25) is 5.91 Å². The van der Waals surface area contributed by atoms with Gasteiger partial charge in [-0.2, -0.15) is 0 Å². The molecule has 5 heteroatoms. The van der Waals surface area contributed by atoms with E-state index in [9.17, 15) is 4.79 Å². The van der Waals surface area contributed by atoms with Crippen LogP contribution in [0.25, 0.3) is 0 Å². The second-order valence-electron chi connectivity index (χ2n) is 4.20. The summed E-state index contributed by atoms with van der Waals surface area (Å²) >= 11 is 3.49. The molecule has 1 unspecified atom stereocenters. The van der Waals surface area contributed by atoms with Crippen molar-refractivity contribution in [3.8, 4) is 11.5 Å². The summed E-state index contributed by atoms with van der Waals surface area (Å²) in [5, 5.41) is 2.85. The smallest absolute Gasteiger partial charge is 0.222 e. The van der Waals surface area contributed by atoms with Gasteiger partial charge in [0.05, 0.1) is 30.1 Å². The molecule has 1 aromatic rings. The molecule has 0 aromatic heterocycles. The van der Waals surface area contributed by atoms with Crippen LogP contribution in [0.3, 0.4) is 0 Å². The SMILES string of the molecule is O=C1CC(c2cc(Br)c3c(c2)OCCCO3)N1. The van der Waals surface area contributed by atoms with Crippen LogP contribution in [0, 0.1) is 0 Å². The van der Waals surface area contributed by atoms with Crippen LogP contribution < -0.4 is 14.8 Å². The summed E-state index contributed by atoms with van der Waals surface area (Å²) < 4.78 is 12.2. The van der Waals surface area contributed by atoms with E-state index < -0.39 is 0 Å². The molecule has 90 valence electrons. The minimum Gasteiger partial charge on any atom is -0.490 e. The van der Waals surface area contributed by atoms with Gasteiger partial charge < -0.3 is 14.8 Å². The number of β-lactam (4-membered cyclic amide) rings is 1. The lowest BCUT2D eigenvalue weighted by atomic mass is 9.97. The minimum absolute atomic E-state index is 0.0956. The number of hydrogen-bond donors (Lipinski definition) is 1. The van der Waals surface area contributed by atoms with E-state index in [4.69, 9.17) is 9.47 Å². The summed E-state index contributed by atoms with van der Waals surface area (Å²) in [7, 11) is 0. The molecule has 1 N–H and O–H groups in total. The summed E-state index contributed by atoms with van der Waals surface area (Å²) in [5.41, 5.74) is 1.06. The van der Waals surface area contributed by atoms with Crippen molar-refractivity contribution in [2.45, 2.75) is 18.9 Å². The zero-order chi connectivity index (χ0) is 11.8. The van der Waals surface area contributed by atoms with Gasteiger partial charge in [0, 0.05) is 6.42 Å². The quantitative estimate of drug-likeness (QED) is 0.808. The lowest BCUT2D eigenvalue weighted by Gasteiger charge is -2.28. The predicted octanol–water partition coefficient (Wildman–Crippen LogP) is 2.17. The third-order valence-electron chi connectivity index (χ3n) is 2.95. The fraction of sp³-hybridized carbons (Fsp3) is 0.417. The lowest BCUT2D eigenvalue weighted by molar-refractivity contribution is -0.128. The van der Waals surface area contributed by atoms with Crippen molar-refractivity contribution < 1.29 is 14.3 Å². The molecule has 0 bridgehead atoms. The number of hydrogen-bond acceptors (Lipinski definition) is 3. The van der Waals surface area contributed by atoms with Gasteiger partial charge in [-0.1, -0.05) is 0 Å². The summed E-state index contributed by atoms with van der Waals surface area (Å²) in [6, 6.07) is 4.05. The van der Waals surface area contributed by atoms with E-state index >= 15 is 0 Å². The first-order valence-electron chi connectivity index (χ1n) is 5.62. The topological polar surface area (TPSA) is 47.6 Å². The molecule has 2 aliphatic heterocycles. The number of carbonyl (C=O) groups is 1. The molecule has 0 spiro atoms. The molecule has 1 aromatic carbocycles. The molecule has 0 radical (unpaired) electrons. The Balaban J connectivity index is 1.94. The summed E-state index contributed by atoms with van der Waals surface area (Å²) in [5.74, 6) is 1.61. The first kappa shape index (κ1) is 10.9. The van der Waals surface area contributed by atoms with Gasteiger partial charge in [0.15, 0.2) is 11.5 Å². The first-order valence-corrected chi connectivity index (χ1v) is 6.42. The van der Waals surface area contributed by atoms with Crippen molar-refractivity contribution in [3.05, 3.63) is 22.2 Å². The van der Waals surface area contributed by atoms with Gasteiger partial charge >= 0.3 is 0 Å². The van der Waals surface area contributed by atoms with Gasteiger partial charge in [0.1, 0.15) is 0 Å². The van der Waals surface area contributed by atoms with E-state index in [1.165, 1.54) is 0 Å². The average Bonchev–Trinajstić information content (AvgIpc) is 2.50. The maximum Gasteiger partial charge on any atom is 0.222 e. The van der Waals surface area contributed by atoms with E-state index in [-0.39, 0.29) is 11.9 Å². The molecule has 4 nitrogen and oxygen atoms in total. The van der Waals surface area contributed by atoms with Crippen LogP contribution in [0.2, 0.25) is 0 Å². The Morgan fingerprint density at radius 2 is 2.06 bits per heavy atom. The lowest BCUT2D eigenvalue weighted by Crippen LogP contribution is -2.41. The van der Waals surface area contributed by atoms with Crippen LogP contribution in [0.15, 0.2) is 16.6 Å². The second kappa shape index (κ2) is 4.22. The van der Waals surface area contributed by atoms with E-state index in [0.29, 0.717) is 19.6 Å². The Bertz CT molecular complexity index is 467. The molecule has 0 saturated carbocycles. The van der Waals surface area contributed by atoms with Crippen LogP contribution in [0.1, 0.15) is 24.4 Å². The molecule has 0 aliphatic carbocycles. The molecule has 2 heterocycles. The number of ether oxygens (including phenoxy) is 2. The van der Waals surface area contributed by atoms with E-state index in [1.807, 2.05) is 12.1 Å². The second-order valence-corrected chi connectivity index (χ2v) is 5.06. The first-order chi connectivity index (χ1) is 8.24. The fourth-order valence-corrected chi connectivity index (χ4v) is 2.59. The number of halogens is 1. The molecule has 1 fully saturated rings. The third kappa shape index (κ3) is 1.99. The van der Waals surface area contributed by atoms with E-state index in [2.05, 4.69) is 21.2 Å². The van der Waals surface area contributed by atoms with Gasteiger partial charge in [0.25, 0.3) is 0 Å². The standard InChI is InChI=1S/C12H12BrNO3/c13-8-4-7(9-6-11(15)14-9)5-10-12(8)17-3-1-2-16-10/h4-5,9H,1-3,6H2,(H,14,15). The predicted molar refractivity (Wildman–Crippen MR) is 65.2 cm³/mol. The van der Waals surface area contributed by atoms with Crippen molar-refractivity contribution in [1.82, 2.24) is 5.32 Å². The van der Waals surface area contributed by atoms with Crippen LogP contribution >= 0.6 is 15.9 Å². The Morgan fingerprint density at radius 1 is 1.29 bits per heavy atom. The zero-order valence-electron chi connectivity index (χ0n) is 9.16. The van der Waals surface area contributed by atoms with Crippen LogP contribution in [-0.4, -0.2) is 19.1 Å². The molecule has 1 saturated heterocycles. The molecular weight excluding hydrogens is 286 g/mol. The van der Waals surface area contributed by atoms with Crippen LogP contribution in [-0.2, 0) is 4.79 Å². The molecule has 2 aliphatic rings. The van der Waals surface area contributed by atoms with Crippen molar-refractivity contribution >= 4 is 21.8 Å².